The van der Waals surface area contributed by atoms with Crippen LogP contribution >= 0.6 is 61.7 Å². The SMILES string of the molecule is N#C/C(=C/c1cc(Br)c(OCc2ccc(Cl)cc2Cl)c(I)c1)C(=O)Nc1ccccc1. The molecule has 0 aliphatic carbocycles. The van der Waals surface area contributed by atoms with Gasteiger partial charge in [-0.1, -0.05) is 47.5 Å². The van der Waals surface area contributed by atoms with Crippen molar-refractivity contribution in [3.05, 3.63) is 95.5 Å². The Bertz CT molecular complexity index is 1170. The number of carbonyl (C=O) groups is 1. The Hall–Kier alpha value is -2.05. The van der Waals surface area contributed by atoms with Gasteiger partial charge in [-0.2, -0.15) is 5.26 Å². The van der Waals surface area contributed by atoms with Crippen LogP contribution in [0, 0.1) is 14.9 Å². The molecule has 31 heavy (non-hydrogen) atoms. The zero-order valence-electron chi connectivity index (χ0n) is 15.8. The van der Waals surface area contributed by atoms with Crippen molar-refractivity contribution in [3.63, 3.8) is 0 Å². The third-order valence-electron chi connectivity index (χ3n) is 4.12. The number of amides is 1. The third-order valence-corrected chi connectivity index (χ3v) is 6.09. The van der Waals surface area contributed by atoms with Crippen molar-refractivity contribution in [1.29, 1.82) is 5.26 Å². The van der Waals surface area contributed by atoms with E-state index in [1.807, 2.05) is 24.3 Å². The fourth-order valence-electron chi connectivity index (χ4n) is 2.62. The lowest BCUT2D eigenvalue weighted by molar-refractivity contribution is -0.112. The van der Waals surface area contributed by atoms with Gasteiger partial charge in [-0.05, 0) is 86.6 Å². The van der Waals surface area contributed by atoms with Gasteiger partial charge < -0.3 is 10.1 Å². The molecular formula is C23H14BrCl2IN2O2. The molecule has 0 spiro atoms. The number of nitriles is 1. The molecule has 0 atom stereocenters. The number of ether oxygens (including phenoxy) is 1. The first-order valence-corrected chi connectivity index (χ1v) is 11.5. The van der Waals surface area contributed by atoms with Gasteiger partial charge in [0.15, 0.2) is 0 Å². The van der Waals surface area contributed by atoms with Crippen LogP contribution in [0.4, 0.5) is 5.69 Å². The van der Waals surface area contributed by atoms with Gasteiger partial charge in [0.25, 0.3) is 5.91 Å². The lowest BCUT2D eigenvalue weighted by Crippen LogP contribution is -2.13. The minimum atomic E-state index is -0.475. The van der Waals surface area contributed by atoms with Crippen LogP contribution in [0.5, 0.6) is 5.75 Å². The number of nitrogens with zero attached hydrogens (tertiary/aromatic N) is 1. The molecule has 8 heteroatoms. The third kappa shape index (κ3) is 6.47. The summed E-state index contributed by atoms with van der Waals surface area (Å²) in [5.41, 5.74) is 2.11. The number of rotatable bonds is 6. The summed E-state index contributed by atoms with van der Waals surface area (Å²) in [5.74, 6) is 0.161. The lowest BCUT2D eigenvalue weighted by atomic mass is 10.1. The van der Waals surface area contributed by atoms with Gasteiger partial charge in [-0.3, -0.25) is 4.79 Å². The van der Waals surface area contributed by atoms with Crippen LogP contribution in [-0.2, 0) is 11.4 Å². The molecule has 0 aliphatic heterocycles. The Morgan fingerprint density at radius 3 is 2.55 bits per heavy atom. The highest BCUT2D eigenvalue weighted by molar-refractivity contribution is 14.1. The van der Waals surface area contributed by atoms with Crippen LogP contribution < -0.4 is 10.1 Å². The molecule has 4 nitrogen and oxygen atoms in total. The van der Waals surface area contributed by atoms with E-state index in [-0.39, 0.29) is 12.2 Å². The molecule has 0 heterocycles. The van der Waals surface area contributed by atoms with Crippen molar-refractivity contribution in [2.75, 3.05) is 5.32 Å². The van der Waals surface area contributed by atoms with Crippen molar-refractivity contribution in [3.8, 4) is 11.8 Å². The van der Waals surface area contributed by atoms with Crippen LogP contribution in [-0.4, -0.2) is 5.91 Å². The Kier molecular flexibility index (Phi) is 8.38. The summed E-state index contributed by atoms with van der Waals surface area (Å²) in [6.45, 7) is 0.267. The predicted octanol–water partition coefficient (Wildman–Crippen LogP) is 7.49. The zero-order valence-corrected chi connectivity index (χ0v) is 21.1. The molecule has 3 rings (SSSR count). The molecule has 0 aromatic heterocycles. The number of halogens is 4. The Morgan fingerprint density at radius 2 is 1.90 bits per heavy atom. The van der Waals surface area contributed by atoms with Gasteiger partial charge in [-0.15, -0.1) is 0 Å². The number of para-hydroxylation sites is 1. The van der Waals surface area contributed by atoms with E-state index in [4.69, 9.17) is 27.9 Å². The van der Waals surface area contributed by atoms with E-state index >= 15 is 0 Å². The van der Waals surface area contributed by atoms with Gasteiger partial charge in [-0.25, -0.2) is 0 Å². The lowest BCUT2D eigenvalue weighted by Gasteiger charge is -2.13. The largest absolute Gasteiger partial charge is 0.487 e. The van der Waals surface area contributed by atoms with E-state index in [2.05, 4.69) is 43.8 Å². The molecule has 1 N–H and O–H groups in total. The highest BCUT2D eigenvalue weighted by Crippen LogP contribution is 2.34. The molecule has 0 saturated heterocycles. The minimum Gasteiger partial charge on any atom is -0.487 e. The maximum absolute atomic E-state index is 12.4. The molecule has 3 aromatic rings. The number of hydrogen-bond acceptors (Lipinski definition) is 3. The number of hydrogen-bond donors (Lipinski definition) is 1. The average molecular weight is 628 g/mol. The number of benzene rings is 3. The standard InChI is InChI=1S/C23H14BrCl2IN2O2/c24-19-9-14(8-16(12-28)23(30)29-18-4-2-1-3-5-18)10-21(27)22(19)31-13-15-6-7-17(25)11-20(15)26/h1-11H,13H2,(H,29,30)/b16-8-. The van der Waals surface area contributed by atoms with Gasteiger partial charge in [0.05, 0.1) is 8.04 Å². The second-order valence-electron chi connectivity index (χ2n) is 6.33. The summed E-state index contributed by atoms with van der Waals surface area (Å²) in [7, 11) is 0. The van der Waals surface area contributed by atoms with Gasteiger partial charge in [0, 0.05) is 21.3 Å². The smallest absolute Gasteiger partial charge is 0.266 e. The Balaban J connectivity index is 1.78. The predicted molar refractivity (Wildman–Crippen MR) is 136 cm³/mol. The van der Waals surface area contributed by atoms with E-state index in [0.29, 0.717) is 31.5 Å². The van der Waals surface area contributed by atoms with Crippen molar-refractivity contribution in [2.45, 2.75) is 6.61 Å². The van der Waals surface area contributed by atoms with Crippen LogP contribution in [0.15, 0.2) is 70.7 Å². The molecule has 0 radical (unpaired) electrons. The zero-order chi connectivity index (χ0) is 22.4. The Morgan fingerprint density at radius 1 is 1.16 bits per heavy atom. The normalized spacial score (nSPS) is 11.0. The molecular weight excluding hydrogens is 614 g/mol. The minimum absolute atomic E-state index is 0.00633. The monoisotopic (exact) mass is 626 g/mol. The van der Waals surface area contributed by atoms with E-state index in [1.165, 1.54) is 6.08 Å². The van der Waals surface area contributed by atoms with Crippen molar-refractivity contribution in [2.24, 2.45) is 0 Å². The maximum atomic E-state index is 12.4. The average Bonchev–Trinajstić information content (AvgIpc) is 2.73. The van der Waals surface area contributed by atoms with Gasteiger partial charge in [0.2, 0.25) is 0 Å². The van der Waals surface area contributed by atoms with Gasteiger partial charge >= 0.3 is 0 Å². The summed E-state index contributed by atoms with van der Waals surface area (Å²) in [5, 5.41) is 13.2. The molecule has 0 bridgehead atoms. The summed E-state index contributed by atoms with van der Waals surface area (Å²) in [4.78, 5) is 12.4. The van der Waals surface area contributed by atoms with Crippen LogP contribution in [0.2, 0.25) is 10.0 Å². The molecule has 0 unspecified atom stereocenters. The Labute approximate surface area is 212 Å². The molecule has 3 aromatic carbocycles. The van der Waals surface area contributed by atoms with Crippen molar-refractivity contribution < 1.29 is 9.53 Å². The molecule has 1 amide bonds. The summed E-state index contributed by atoms with van der Waals surface area (Å²) in [6, 6.07) is 19.8. The molecule has 0 fully saturated rings. The topological polar surface area (TPSA) is 62.1 Å². The number of carbonyl (C=O) groups excluding carboxylic acids is 1. The van der Waals surface area contributed by atoms with Crippen LogP contribution in [0.3, 0.4) is 0 Å². The first-order valence-electron chi connectivity index (χ1n) is 8.91. The van der Waals surface area contributed by atoms with Crippen LogP contribution in [0.1, 0.15) is 11.1 Å². The first-order chi connectivity index (χ1) is 14.9. The highest BCUT2D eigenvalue weighted by atomic mass is 127. The van der Waals surface area contributed by atoms with Crippen molar-refractivity contribution in [1.82, 2.24) is 0 Å². The van der Waals surface area contributed by atoms with E-state index in [1.54, 1.807) is 42.5 Å². The summed E-state index contributed by atoms with van der Waals surface area (Å²) < 4.78 is 7.44. The number of anilines is 1. The molecule has 0 aliphatic rings. The van der Waals surface area contributed by atoms with Gasteiger partial charge in [0.1, 0.15) is 24.0 Å². The molecule has 156 valence electrons. The second-order valence-corrected chi connectivity index (χ2v) is 9.19. The second kappa shape index (κ2) is 11.0. The summed E-state index contributed by atoms with van der Waals surface area (Å²) in [6.07, 6.45) is 1.53. The number of nitrogens with one attached hydrogen (secondary N) is 1. The fraction of sp³-hybridized carbons (Fsp3) is 0.0435. The van der Waals surface area contributed by atoms with E-state index in [0.717, 1.165) is 9.13 Å². The van der Waals surface area contributed by atoms with Crippen molar-refractivity contribution >= 4 is 79.4 Å². The van der Waals surface area contributed by atoms with E-state index < -0.39 is 5.91 Å². The molecule has 0 saturated carbocycles. The quantitative estimate of drug-likeness (QED) is 0.175. The van der Waals surface area contributed by atoms with Crippen LogP contribution in [0.25, 0.3) is 6.08 Å². The highest BCUT2D eigenvalue weighted by Gasteiger charge is 2.13. The first kappa shape index (κ1) is 23.6. The fourth-order valence-corrected chi connectivity index (χ4v) is 4.86. The van der Waals surface area contributed by atoms with E-state index in [9.17, 15) is 10.1 Å². The summed E-state index contributed by atoms with van der Waals surface area (Å²) >= 11 is 17.8. The maximum Gasteiger partial charge on any atom is 0.266 e.